The van der Waals surface area contributed by atoms with Gasteiger partial charge in [-0.3, -0.25) is 9.59 Å². The molecule has 0 unspecified atom stereocenters. The Morgan fingerprint density at radius 3 is 2.23 bits per heavy atom. The van der Waals surface area contributed by atoms with Crippen LogP contribution in [0.2, 0.25) is 5.02 Å². The molecule has 0 aliphatic carbocycles. The molecule has 0 saturated carbocycles. The maximum absolute atomic E-state index is 13.6. The van der Waals surface area contributed by atoms with Crippen LogP contribution in [0.5, 0.6) is 0 Å². The summed E-state index contributed by atoms with van der Waals surface area (Å²) in [5, 5.41) is 0.0476. The zero-order chi connectivity index (χ0) is 16.5. The standard InChI is InChI=1S/C13H9ClF4N2O2/c14-9-2-1-3-10(15)8(9)6-19-4-5-20(7-13(16,17)18)12(22)11(19)21/h1-5H,6-7H2. The molecule has 0 amide bonds. The average Bonchev–Trinajstić information content (AvgIpc) is 2.40. The second kappa shape index (κ2) is 5.96. The van der Waals surface area contributed by atoms with Crippen LogP contribution in [-0.4, -0.2) is 15.3 Å². The van der Waals surface area contributed by atoms with Crippen molar-refractivity contribution in [2.24, 2.45) is 0 Å². The molecule has 0 radical (unpaired) electrons. The Morgan fingerprint density at radius 2 is 1.64 bits per heavy atom. The molecule has 0 spiro atoms. The molecular formula is C13H9ClF4N2O2. The van der Waals surface area contributed by atoms with Crippen LogP contribution in [0.3, 0.4) is 0 Å². The van der Waals surface area contributed by atoms with Gasteiger partial charge in [0, 0.05) is 23.0 Å². The first kappa shape index (κ1) is 16.3. The lowest BCUT2D eigenvalue weighted by molar-refractivity contribution is -0.141. The zero-order valence-corrected chi connectivity index (χ0v) is 11.7. The van der Waals surface area contributed by atoms with Crippen LogP contribution in [-0.2, 0) is 13.1 Å². The first-order chi connectivity index (χ1) is 10.2. The van der Waals surface area contributed by atoms with E-state index in [2.05, 4.69) is 0 Å². The zero-order valence-electron chi connectivity index (χ0n) is 10.9. The molecule has 0 bridgehead atoms. The van der Waals surface area contributed by atoms with Gasteiger partial charge in [0.15, 0.2) is 0 Å². The molecule has 4 nitrogen and oxygen atoms in total. The molecule has 0 fully saturated rings. The van der Waals surface area contributed by atoms with Gasteiger partial charge in [-0.2, -0.15) is 13.2 Å². The van der Waals surface area contributed by atoms with Crippen LogP contribution >= 0.6 is 11.6 Å². The van der Waals surface area contributed by atoms with Crippen molar-refractivity contribution in [3.63, 3.8) is 0 Å². The summed E-state index contributed by atoms with van der Waals surface area (Å²) in [6.07, 6.45) is -2.82. The van der Waals surface area contributed by atoms with E-state index in [1.54, 1.807) is 0 Å². The first-order valence-corrected chi connectivity index (χ1v) is 6.36. The summed E-state index contributed by atoms with van der Waals surface area (Å²) < 4.78 is 51.5. The second-order valence-corrected chi connectivity index (χ2v) is 4.89. The Labute approximate surface area is 126 Å². The normalized spacial score (nSPS) is 11.7. The minimum Gasteiger partial charge on any atom is -0.305 e. The van der Waals surface area contributed by atoms with Crippen molar-refractivity contribution in [1.82, 2.24) is 9.13 Å². The van der Waals surface area contributed by atoms with E-state index in [1.807, 2.05) is 0 Å². The lowest BCUT2D eigenvalue weighted by Crippen LogP contribution is -2.42. The van der Waals surface area contributed by atoms with Gasteiger partial charge in [0.05, 0.1) is 6.54 Å². The number of hydrogen-bond acceptors (Lipinski definition) is 2. The van der Waals surface area contributed by atoms with Crippen LogP contribution in [0.25, 0.3) is 0 Å². The van der Waals surface area contributed by atoms with E-state index >= 15 is 0 Å². The van der Waals surface area contributed by atoms with Gasteiger partial charge in [0.2, 0.25) is 0 Å². The van der Waals surface area contributed by atoms with Crippen molar-refractivity contribution < 1.29 is 17.6 Å². The number of aromatic nitrogens is 2. The molecule has 2 aromatic rings. The summed E-state index contributed by atoms with van der Waals surface area (Å²) in [5.74, 6) is -0.682. The average molecular weight is 337 g/mol. The number of alkyl halides is 3. The molecule has 0 aliphatic heterocycles. The number of benzene rings is 1. The van der Waals surface area contributed by atoms with Crippen molar-refractivity contribution in [3.8, 4) is 0 Å². The molecule has 1 aromatic heterocycles. The maximum Gasteiger partial charge on any atom is 0.406 e. The molecule has 118 valence electrons. The summed E-state index contributed by atoms with van der Waals surface area (Å²) in [4.78, 5) is 23.4. The fraction of sp³-hybridized carbons (Fsp3) is 0.231. The lowest BCUT2D eigenvalue weighted by atomic mass is 10.2. The van der Waals surface area contributed by atoms with Gasteiger partial charge in [-0.15, -0.1) is 0 Å². The van der Waals surface area contributed by atoms with Crippen molar-refractivity contribution in [2.75, 3.05) is 0 Å². The van der Waals surface area contributed by atoms with Crippen molar-refractivity contribution in [3.05, 3.63) is 67.7 Å². The van der Waals surface area contributed by atoms with Crippen LogP contribution in [0.1, 0.15) is 5.56 Å². The van der Waals surface area contributed by atoms with Gasteiger partial charge < -0.3 is 9.13 Å². The highest BCUT2D eigenvalue weighted by molar-refractivity contribution is 6.31. The number of halogens is 5. The summed E-state index contributed by atoms with van der Waals surface area (Å²) >= 11 is 5.80. The van der Waals surface area contributed by atoms with Crippen LogP contribution < -0.4 is 11.1 Å². The summed E-state index contributed by atoms with van der Waals surface area (Å²) in [7, 11) is 0. The van der Waals surface area contributed by atoms with E-state index < -0.39 is 29.7 Å². The van der Waals surface area contributed by atoms with Crippen molar-refractivity contribution >= 4 is 11.6 Å². The Morgan fingerprint density at radius 1 is 1.05 bits per heavy atom. The summed E-state index contributed by atoms with van der Waals surface area (Å²) in [5.41, 5.74) is -2.56. The van der Waals surface area contributed by atoms with Gasteiger partial charge in [0.1, 0.15) is 12.4 Å². The molecule has 2 rings (SSSR count). The van der Waals surface area contributed by atoms with E-state index in [4.69, 9.17) is 11.6 Å². The fourth-order valence-corrected chi connectivity index (χ4v) is 2.06. The Bertz CT molecular complexity index is 791. The quantitative estimate of drug-likeness (QED) is 0.638. The second-order valence-electron chi connectivity index (χ2n) is 4.48. The Kier molecular flexibility index (Phi) is 4.41. The third-order valence-corrected chi connectivity index (χ3v) is 3.23. The monoisotopic (exact) mass is 336 g/mol. The van der Waals surface area contributed by atoms with E-state index in [1.165, 1.54) is 12.1 Å². The molecule has 22 heavy (non-hydrogen) atoms. The van der Waals surface area contributed by atoms with E-state index in [9.17, 15) is 27.2 Å². The van der Waals surface area contributed by atoms with Crippen LogP contribution in [0.15, 0.2) is 40.2 Å². The van der Waals surface area contributed by atoms with E-state index in [-0.39, 0.29) is 21.7 Å². The first-order valence-electron chi connectivity index (χ1n) is 5.98. The largest absolute Gasteiger partial charge is 0.406 e. The third kappa shape index (κ3) is 3.56. The number of hydrogen-bond donors (Lipinski definition) is 0. The minimum atomic E-state index is -4.63. The highest BCUT2D eigenvalue weighted by Gasteiger charge is 2.28. The minimum absolute atomic E-state index is 0.0285. The molecule has 0 atom stereocenters. The van der Waals surface area contributed by atoms with Gasteiger partial charge in [-0.25, -0.2) is 4.39 Å². The smallest absolute Gasteiger partial charge is 0.305 e. The van der Waals surface area contributed by atoms with Crippen LogP contribution in [0.4, 0.5) is 17.6 Å². The molecule has 1 heterocycles. The Hall–Kier alpha value is -2.09. The van der Waals surface area contributed by atoms with E-state index in [0.717, 1.165) is 23.0 Å². The molecule has 0 saturated heterocycles. The molecule has 0 N–H and O–H groups in total. The predicted octanol–water partition coefficient (Wildman–Crippen LogP) is 2.41. The van der Waals surface area contributed by atoms with Crippen LogP contribution in [0, 0.1) is 5.82 Å². The fourth-order valence-electron chi connectivity index (χ4n) is 1.84. The maximum atomic E-state index is 13.6. The SMILES string of the molecule is O=c1c(=O)n(CC(F)(F)F)ccn1Cc1c(F)cccc1Cl. The highest BCUT2D eigenvalue weighted by atomic mass is 35.5. The summed E-state index contributed by atoms with van der Waals surface area (Å²) in [6, 6.07) is 3.89. The van der Waals surface area contributed by atoms with Crippen molar-refractivity contribution in [2.45, 2.75) is 19.3 Å². The Balaban J connectivity index is 2.41. The van der Waals surface area contributed by atoms with Crippen molar-refractivity contribution in [1.29, 1.82) is 0 Å². The van der Waals surface area contributed by atoms with Gasteiger partial charge in [-0.05, 0) is 12.1 Å². The molecule has 9 heteroatoms. The van der Waals surface area contributed by atoms with Gasteiger partial charge in [-0.1, -0.05) is 17.7 Å². The molecular weight excluding hydrogens is 328 g/mol. The van der Waals surface area contributed by atoms with Gasteiger partial charge >= 0.3 is 17.3 Å². The lowest BCUT2D eigenvalue weighted by Gasteiger charge is -2.12. The number of nitrogens with zero attached hydrogens (tertiary/aromatic N) is 2. The third-order valence-electron chi connectivity index (χ3n) is 2.87. The van der Waals surface area contributed by atoms with E-state index in [0.29, 0.717) is 0 Å². The van der Waals surface area contributed by atoms with Gasteiger partial charge in [0.25, 0.3) is 0 Å². The predicted molar refractivity (Wildman–Crippen MR) is 71.5 cm³/mol. The number of rotatable bonds is 3. The highest BCUT2D eigenvalue weighted by Crippen LogP contribution is 2.19. The summed E-state index contributed by atoms with van der Waals surface area (Å²) in [6.45, 7) is -1.92. The molecule has 1 aromatic carbocycles. The topological polar surface area (TPSA) is 44.0 Å². The molecule has 0 aliphatic rings.